The second kappa shape index (κ2) is 5.54. The van der Waals surface area contributed by atoms with Gasteiger partial charge in [0.25, 0.3) is 5.56 Å². The smallest absolute Gasteiger partial charge is 0.253 e. The molecule has 2 aromatic heterocycles. The normalized spacial score (nSPS) is 10.3. The number of aromatic nitrogens is 3. The summed E-state index contributed by atoms with van der Waals surface area (Å²) >= 11 is 1.41. The second-order valence-corrected chi connectivity index (χ2v) is 4.53. The number of nitrogen functional groups attached to an aromatic ring is 1. The first-order valence-electron chi connectivity index (χ1n) is 5.29. The molecule has 2 aromatic rings. The molecule has 0 unspecified atom stereocenters. The summed E-state index contributed by atoms with van der Waals surface area (Å²) in [7, 11) is 1.82. The maximum Gasteiger partial charge on any atom is 0.253 e. The SMILES string of the molecule is CNc1ccc(CSc2nc(N)cc(=O)[nH]2)cn1. The number of hydrogen-bond donors (Lipinski definition) is 3. The monoisotopic (exact) mass is 263 g/mol. The van der Waals surface area contributed by atoms with E-state index in [1.807, 2.05) is 19.2 Å². The molecule has 4 N–H and O–H groups in total. The zero-order chi connectivity index (χ0) is 13.0. The Balaban J connectivity index is 2.04. The van der Waals surface area contributed by atoms with E-state index in [0.29, 0.717) is 10.9 Å². The summed E-state index contributed by atoms with van der Waals surface area (Å²) in [5.74, 6) is 1.72. The van der Waals surface area contributed by atoms with E-state index >= 15 is 0 Å². The Hall–Kier alpha value is -2.02. The van der Waals surface area contributed by atoms with Crippen LogP contribution in [-0.2, 0) is 5.75 Å². The summed E-state index contributed by atoms with van der Waals surface area (Å²) in [6.07, 6.45) is 1.78. The Morgan fingerprint density at radius 2 is 2.33 bits per heavy atom. The van der Waals surface area contributed by atoms with Gasteiger partial charge in [0.15, 0.2) is 5.16 Å². The highest BCUT2D eigenvalue weighted by Crippen LogP contribution is 2.18. The molecule has 0 aliphatic rings. The molecule has 0 bridgehead atoms. The maximum atomic E-state index is 11.2. The van der Waals surface area contributed by atoms with Gasteiger partial charge in [-0.25, -0.2) is 9.97 Å². The molecule has 18 heavy (non-hydrogen) atoms. The van der Waals surface area contributed by atoms with Crippen molar-refractivity contribution in [2.24, 2.45) is 0 Å². The molecule has 94 valence electrons. The van der Waals surface area contributed by atoms with Gasteiger partial charge in [-0.15, -0.1) is 0 Å². The van der Waals surface area contributed by atoms with Crippen LogP contribution >= 0.6 is 11.8 Å². The zero-order valence-corrected chi connectivity index (χ0v) is 10.6. The number of rotatable bonds is 4. The first-order chi connectivity index (χ1) is 8.67. The number of anilines is 2. The molecule has 6 nitrogen and oxygen atoms in total. The molecular weight excluding hydrogens is 250 g/mol. The van der Waals surface area contributed by atoms with Crippen LogP contribution in [0.1, 0.15) is 5.56 Å². The van der Waals surface area contributed by atoms with Crippen LogP contribution in [0.5, 0.6) is 0 Å². The van der Waals surface area contributed by atoms with Crippen LogP contribution in [0.2, 0.25) is 0 Å². The van der Waals surface area contributed by atoms with Crippen molar-refractivity contribution in [2.45, 2.75) is 10.9 Å². The number of aromatic amines is 1. The van der Waals surface area contributed by atoms with Crippen LogP contribution in [-0.4, -0.2) is 22.0 Å². The minimum absolute atomic E-state index is 0.227. The highest BCUT2D eigenvalue weighted by Gasteiger charge is 2.01. The first kappa shape index (κ1) is 12.4. The lowest BCUT2D eigenvalue weighted by Gasteiger charge is -2.03. The van der Waals surface area contributed by atoms with Gasteiger partial charge in [0.1, 0.15) is 11.6 Å². The molecule has 0 aliphatic carbocycles. The standard InChI is InChI=1S/C11H13N5OS/c1-13-9-3-2-7(5-14-9)6-18-11-15-8(12)4-10(17)16-11/h2-5H,6H2,1H3,(H,13,14)(H3,12,15,16,17). The van der Waals surface area contributed by atoms with Crippen molar-refractivity contribution in [2.75, 3.05) is 18.1 Å². The lowest BCUT2D eigenvalue weighted by Crippen LogP contribution is -2.09. The Labute approximate surface area is 108 Å². The van der Waals surface area contributed by atoms with Gasteiger partial charge in [0.2, 0.25) is 0 Å². The molecule has 0 radical (unpaired) electrons. The number of pyridine rings is 1. The summed E-state index contributed by atoms with van der Waals surface area (Å²) in [5.41, 5.74) is 6.30. The third-order valence-corrected chi connectivity index (χ3v) is 3.14. The molecular formula is C11H13N5OS. The Morgan fingerprint density at radius 1 is 1.50 bits per heavy atom. The van der Waals surface area contributed by atoms with E-state index < -0.39 is 0 Å². The molecule has 0 atom stereocenters. The number of thioether (sulfide) groups is 1. The molecule has 0 aliphatic heterocycles. The lowest BCUT2D eigenvalue weighted by atomic mass is 10.3. The fraction of sp³-hybridized carbons (Fsp3) is 0.182. The summed E-state index contributed by atoms with van der Waals surface area (Å²) in [6.45, 7) is 0. The lowest BCUT2D eigenvalue weighted by molar-refractivity contribution is 0.944. The van der Waals surface area contributed by atoms with Crippen molar-refractivity contribution in [1.82, 2.24) is 15.0 Å². The number of nitrogens with zero attached hydrogens (tertiary/aromatic N) is 2. The van der Waals surface area contributed by atoms with Gasteiger partial charge in [0, 0.05) is 25.1 Å². The number of nitrogens with one attached hydrogen (secondary N) is 2. The quantitative estimate of drug-likeness (QED) is 0.564. The summed E-state index contributed by atoms with van der Waals surface area (Å²) < 4.78 is 0. The fourth-order valence-corrected chi connectivity index (χ4v) is 2.15. The van der Waals surface area contributed by atoms with Crippen LogP contribution in [0.4, 0.5) is 11.6 Å². The van der Waals surface area contributed by atoms with E-state index in [0.717, 1.165) is 11.4 Å². The zero-order valence-electron chi connectivity index (χ0n) is 9.80. The molecule has 0 amide bonds. The van der Waals surface area contributed by atoms with Gasteiger partial charge in [-0.05, 0) is 11.6 Å². The number of hydrogen-bond acceptors (Lipinski definition) is 6. The highest BCUT2D eigenvalue weighted by molar-refractivity contribution is 7.98. The van der Waals surface area contributed by atoms with E-state index in [4.69, 9.17) is 5.73 Å². The van der Waals surface area contributed by atoms with E-state index in [2.05, 4.69) is 20.3 Å². The largest absolute Gasteiger partial charge is 0.383 e. The van der Waals surface area contributed by atoms with Crippen LogP contribution in [0.25, 0.3) is 0 Å². The van der Waals surface area contributed by atoms with Gasteiger partial charge < -0.3 is 16.0 Å². The number of H-pyrrole nitrogens is 1. The van der Waals surface area contributed by atoms with E-state index in [1.165, 1.54) is 17.8 Å². The molecule has 0 fully saturated rings. The third kappa shape index (κ3) is 3.24. The summed E-state index contributed by atoms with van der Waals surface area (Å²) in [5, 5.41) is 3.46. The maximum absolute atomic E-state index is 11.2. The average molecular weight is 263 g/mol. The molecule has 7 heteroatoms. The second-order valence-electron chi connectivity index (χ2n) is 3.57. The van der Waals surface area contributed by atoms with Gasteiger partial charge in [-0.2, -0.15) is 0 Å². The van der Waals surface area contributed by atoms with Crippen LogP contribution < -0.4 is 16.6 Å². The molecule has 2 heterocycles. The summed E-state index contributed by atoms with van der Waals surface area (Å²) in [6, 6.07) is 5.12. The predicted molar refractivity (Wildman–Crippen MR) is 72.6 cm³/mol. The first-order valence-corrected chi connectivity index (χ1v) is 6.28. The Bertz CT molecular complexity index is 581. The average Bonchev–Trinajstić information content (AvgIpc) is 2.36. The molecule has 0 aromatic carbocycles. The van der Waals surface area contributed by atoms with Crippen molar-refractivity contribution in [3.63, 3.8) is 0 Å². The van der Waals surface area contributed by atoms with Crippen LogP contribution in [0.3, 0.4) is 0 Å². The van der Waals surface area contributed by atoms with E-state index in [1.54, 1.807) is 6.20 Å². The molecule has 0 saturated carbocycles. The van der Waals surface area contributed by atoms with Crippen molar-refractivity contribution >= 4 is 23.4 Å². The van der Waals surface area contributed by atoms with Crippen molar-refractivity contribution < 1.29 is 0 Å². The van der Waals surface area contributed by atoms with Crippen molar-refractivity contribution in [1.29, 1.82) is 0 Å². The summed E-state index contributed by atoms with van der Waals surface area (Å²) in [4.78, 5) is 22.1. The van der Waals surface area contributed by atoms with Crippen molar-refractivity contribution in [3.05, 3.63) is 40.3 Å². The minimum Gasteiger partial charge on any atom is -0.383 e. The minimum atomic E-state index is -0.242. The van der Waals surface area contributed by atoms with Gasteiger partial charge in [-0.1, -0.05) is 17.8 Å². The highest BCUT2D eigenvalue weighted by atomic mass is 32.2. The van der Waals surface area contributed by atoms with Crippen LogP contribution in [0, 0.1) is 0 Å². The van der Waals surface area contributed by atoms with E-state index in [9.17, 15) is 4.79 Å². The van der Waals surface area contributed by atoms with Crippen molar-refractivity contribution in [3.8, 4) is 0 Å². The predicted octanol–water partition coefficient (Wildman–Crippen LogP) is 1.08. The number of nitrogens with two attached hydrogens (primary N) is 1. The van der Waals surface area contributed by atoms with E-state index in [-0.39, 0.29) is 11.4 Å². The molecule has 0 saturated heterocycles. The third-order valence-electron chi connectivity index (χ3n) is 2.20. The molecule has 2 rings (SSSR count). The van der Waals surface area contributed by atoms with Gasteiger partial charge >= 0.3 is 0 Å². The van der Waals surface area contributed by atoms with Gasteiger partial charge in [0.05, 0.1) is 0 Å². The molecule has 0 spiro atoms. The fourth-order valence-electron chi connectivity index (χ4n) is 1.33. The Morgan fingerprint density at radius 3 is 2.94 bits per heavy atom. The Kier molecular flexibility index (Phi) is 3.83. The topological polar surface area (TPSA) is 96.7 Å². The van der Waals surface area contributed by atoms with Gasteiger partial charge in [-0.3, -0.25) is 4.79 Å². The van der Waals surface area contributed by atoms with Crippen LogP contribution in [0.15, 0.2) is 34.3 Å².